The van der Waals surface area contributed by atoms with Crippen LogP contribution in [0.15, 0.2) is 42.6 Å². The van der Waals surface area contributed by atoms with E-state index in [1.807, 2.05) is 0 Å². The molecule has 0 spiro atoms. The number of rotatable bonds is 1. The van der Waals surface area contributed by atoms with Crippen molar-refractivity contribution in [2.75, 3.05) is 0 Å². The van der Waals surface area contributed by atoms with Crippen LogP contribution in [0.4, 0.5) is 13.2 Å². The second-order valence-corrected chi connectivity index (χ2v) is 3.82. The molecular formula is C12H7ClF3N. The highest BCUT2D eigenvalue weighted by Gasteiger charge is 2.32. The number of hydrogen-bond acceptors (Lipinski definition) is 1. The summed E-state index contributed by atoms with van der Waals surface area (Å²) in [6, 6.07) is 9.22. The molecule has 0 bridgehead atoms. The minimum Gasteiger partial charge on any atom is -0.251 e. The second-order valence-electron chi connectivity index (χ2n) is 3.41. The Morgan fingerprint density at radius 3 is 2.24 bits per heavy atom. The number of benzene rings is 1. The van der Waals surface area contributed by atoms with E-state index >= 15 is 0 Å². The first-order valence-corrected chi connectivity index (χ1v) is 5.14. The summed E-state index contributed by atoms with van der Waals surface area (Å²) in [4.78, 5) is 3.38. The topological polar surface area (TPSA) is 12.9 Å². The van der Waals surface area contributed by atoms with Crippen LogP contribution in [0.1, 0.15) is 5.69 Å². The highest BCUT2D eigenvalue weighted by atomic mass is 35.5. The summed E-state index contributed by atoms with van der Waals surface area (Å²) in [5, 5.41) is 0.481. The van der Waals surface area contributed by atoms with Crippen molar-refractivity contribution in [1.29, 1.82) is 0 Å². The van der Waals surface area contributed by atoms with Gasteiger partial charge in [-0.25, -0.2) is 0 Å². The number of pyridine rings is 1. The fraction of sp³-hybridized carbons (Fsp3) is 0.0833. The molecule has 0 saturated heterocycles. The zero-order valence-corrected chi connectivity index (χ0v) is 9.26. The molecule has 1 aromatic carbocycles. The van der Waals surface area contributed by atoms with Gasteiger partial charge < -0.3 is 0 Å². The van der Waals surface area contributed by atoms with E-state index < -0.39 is 11.9 Å². The smallest absolute Gasteiger partial charge is 0.251 e. The highest BCUT2D eigenvalue weighted by Crippen LogP contribution is 2.31. The van der Waals surface area contributed by atoms with Crippen molar-refractivity contribution in [3.05, 3.63) is 53.3 Å². The lowest BCUT2D eigenvalue weighted by Gasteiger charge is -2.07. The van der Waals surface area contributed by atoms with Gasteiger partial charge >= 0.3 is 6.18 Å². The van der Waals surface area contributed by atoms with Crippen molar-refractivity contribution in [3.63, 3.8) is 0 Å². The highest BCUT2D eigenvalue weighted by molar-refractivity contribution is 6.33. The first-order valence-electron chi connectivity index (χ1n) is 4.76. The van der Waals surface area contributed by atoms with Crippen molar-refractivity contribution >= 4 is 11.6 Å². The Hall–Kier alpha value is -1.55. The van der Waals surface area contributed by atoms with Crippen LogP contribution in [0.3, 0.4) is 0 Å². The van der Waals surface area contributed by atoms with Gasteiger partial charge in [0.2, 0.25) is 0 Å². The van der Waals surface area contributed by atoms with Crippen molar-refractivity contribution < 1.29 is 13.2 Å². The number of aromatic nitrogens is 1. The Kier molecular flexibility index (Phi) is 3.07. The standard InChI is InChI=1S/C12H7ClF3N/c13-10-4-2-1-3-9(10)8-5-6-11(17-7-8)12(14,15)16/h1-7H. The summed E-state index contributed by atoms with van der Waals surface area (Å²) in [7, 11) is 0. The predicted molar refractivity (Wildman–Crippen MR) is 59.7 cm³/mol. The molecule has 0 N–H and O–H groups in total. The summed E-state index contributed by atoms with van der Waals surface area (Å²) in [6.45, 7) is 0. The molecule has 1 heterocycles. The summed E-state index contributed by atoms with van der Waals surface area (Å²) in [5.41, 5.74) is 0.312. The predicted octanol–water partition coefficient (Wildman–Crippen LogP) is 4.42. The zero-order valence-electron chi connectivity index (χ0n) is 8.50. The third kappa shape index (κ3) is 2.58. The summed E-state index contributed by atoms with van der Waals surface area (Å²) in [5.74, 6) is 0. The molecule has 0 unspecified atom stereocenters. The van der Waals surface area contributed by atoms with Crippen LogP contribution in [0.5, 0.6) is 0 Å². The van der Waals surface area contributed by atoms with E-state index in [4.69, 9.17) is 11.6 Å². The van der Waals surface area contributed by atoms with Gasteiger partial charge in [0.05, 0.1) is 0 Å². The van der Waals surface area contributed by atoms with E-state index in [1.165, 1.54) is 12.3 Å². The lowest BCUT2D eigenvalue weighted by atomic mass is 10.1. The molecule has 0 atom stereocenters. The van der Waals surface area contributed by atoms with Gasteiger partial charge in [0.15, 0.2) is 0 Å². The van der Waals surface area contributed by atoms with Crippen molar-refractivity contribution in [1.82, 2.24) is 4.98 Å². The molecule has 0 radical (unpaired) electrons. The number of halogens is 4. The van der Waals surface area contributed by atoms with Crippen molar-refractivity contribution in [3.8, 4) is 11.1 Å². The van der Waals surface area contributed by atoms with Crippen LogP contribution < -0.4 is 0 Å². The zero-order chi connectivity index (χ0) is 12.5. The van der Waals surface area contributed by atoms with E-state index in [0.717, 1.165) is 6.07 Å². The minimum atomic E-state index is -4.42. The molecule has 5 heteroatoms. The van der Waals surface area contributed by atoms with E-state index in [1.54, 1.807) is 24.3 Å². The minimum absolute atomic E-state index is 0.481. The Morgan fingerprint density at radius 1 is 1.00 bits per heavy atom. The lowest BCUT2D eigenvalue weighted by molar-refractivity contribution is -0.141. The van der Waals surface area contributed by atoms with Gasteiger partial charge in [0.25, 0.3) is 0 Å². The molecule has 17 heavy (non-hydrogen) atoms. The van der Waals surface area contributed by atoms with E-state index in [2.05, 4.69) is 4.98 Å². The largest absolute Gasteiger partial charge is 0.433 e. The van der Waals surface area contributed by atoms with Crippen LogP contribution in [-0.2, 0) is 6.18 Å². The second kappa shape index (κ2) is 4.37. The molecule has 2 aromatic rings. The average molecular weight is 258 g/mol. The van der Waals surface area contributed by atoms with E-state index in [-0.39, 0.29) is 0 Å². The lowest BCUT2D eigenvalue weighted by Crippen LogP contribution is -2.07. The summed E-state index contributed by atoms with van der Waals surface area (Å²) >= 11 is 5.94. The molecule has 0 aliphatic heterocycles. The molecule has 0 aliphatic rings. The van der Waals surface area contributed by atoms with Crippen molar-refractivity contribution in [2.24, 2.45) is 0 Å². The summed E-state index contributed by atoms with van der Waals surface area (Å²) in [6.07, 6.45) is -3.25. The van der Waals surface area contributed by atoms with Gasteiger partial charge in [-0.05, 0) is 12.1 Å². The van der Waals surface area contributed by atoms with Gasteiger partial charge in [0.1, 0.15) is 5.69 Å². The molecule has 1 nitrogen and oxygen atoms in total. The summed E-state index contributed by atoms with van der Waals surface area (Å²) < 4.78 is 36.9. The van der Waals surface area contributed by atoms with Crippen LogP contribution >= 0.6 is 11.6 Å². The molecule has 2 rings (SSSR count). The SMILES string of the molecule is FC(F)(F)c1ccc(-c2ccccc2Cl)cn1. The van der Waals surface area contributed by atoms with E-state index in [0.29, 0.717) is 16.1 Å². The average Bonchev–Trinajstić information content (AvgIpc) is 2.29. The Labute approximate surface area is 101 Å². The number of nitrogens with zero attached hydrogens (tertiary/aromatic N) is 1. The maximum Gasteiger partial charge on any atom is 0.433 e. The fourth-order valence-corrected chi connectivity index (χ4v) is 1.66. The van der Waals surface area contributed by atoms with Crippen molar-refractivity contribution in [2.45, 2.75) is 6.18 Å². The van der Waals surface area contributed by atoms with Gasteiger partial charge in [0, 0.05) is 22.3 Å². The van der Waals surface area contributed by atoms with Crippen LogP contribution in [0.25, 0.3) is 11.1 Å². The van der Waals surface area contributed by atoms with Crippen LogP contribution in [0.2, 0.25) is 5.02 Å². The molecule has 88 valence electrons. The van der Waals surface area contributed by atoms with Gasteiger partial charge in [-0.3, -0.25) is 4.98 Å². The van der Waals surface area contributed by atoms with Gasteiger partial charge in [-0.1, -0.05) is 35.9 Å². The number of hydrogen-bond donors (Lipinski definition) is 0. The monoisotopic (exact) mass is 257 g/mol. The fourth-order valence-electron chi connectivity index (χ4n) is 1.42. The van der Waals surface area contributed by atoms with Gasteiger partial charge in [-0.15, -0.1) is 0 Å². The van der Waals surface area contributed by atoms with Crippen LogP contribution in [-0.4, -0.2) is 4.98 Å². The van der Waals surface area contributed by atoms with Crippen LogP contribution in [0, 0.1) is 0 Å². The molecule has 0 saturated carbocycles. The Morgan fingerprint density at radius 2 is 1.71 bits per heavy atom. The Balaban J connectivity index is 2.40. The third-order valence-electron chi connectivity index (χ3n) is 2.24. The first kappa shape index (κ1) is 11.9. The maximum atomic E-state index is 12.3. The molecule has 1 aromatic heterocycles. The Bertz CT molecular complexity index is 520. The first-order chi connectivity index (χ1) is 7.98. The van der Waals surface area contributed by atoms with Gasteiger partial charge in [-0.2, -0.15) is 13.2 Å². The molecule has 0 aliphatic carbocycles. The van der Waals surface area contributed by atoms with E-state index in [9.17, 15) is 13.2 Å². The number of alkyl halides is 3. The maximum absolute atomic E-state index is 12.3. The molecule has 0 amide bonds. The third-order valence-corrected chi connectivity index (χ3v) is 2.57. The molecular weight excluding hydrogens is 251 g/mol. The normalized spacial score (nSPS) is 11.5. The quantitative estimate of drug-likeness (QED) is 0.737. The molecule has 0 fully saturated rings.